The van der Waals surface area contributed by atoms with Gasteiger partial charge in [0.05, 0.1) is 15.8 Å². The van der Waals surface area contributed by atoms with Gasteiger partial charge < -0.3 is 9.64 Å². The SMILES string of the molecule is CC(C)(C)OC(=O)N1CCCC(CNS(=O)(=O)Cc2ccc(Cl)c(Cl)c2)C1. The molecule has 0 saturated carbocycles. The molecule has 1 aromatic rings. The molecule has 1 unspecified atom stereocenters. The Hall–Kier alpha value is -1.02. The average Bonchev–Trinajstić information content (AvgIpc) is 2.55. The highest BCUT2D eigenvalue weighted by Crippen LogP contribution is 2.24. The van der Waals surface area contributed by atoms with Crippen LogP contribution in [0.25, 0.3) is 0 Å². The first-order chi connectivity index (χ1) is 12.5. The molecule has 0 bridgehead atoms. The van der Waals surface area contributed by atoms with E-state index in [1.165, 1.54) is 0 Å². The summed E-state index contributed by atoms with van der Waals surface area (Å²) in [5.74, 6) is -0.123. The number of sulfonamides is 1. The summed E-state index contributed by atoms with van der Waals surface area (Å²) in [7, 11) is -3.52. The van der Waals surface area contributed by atoms with Crippen LogP contribution in [0.3, 0.4) is 0 Å². The molecule has 1 N–H and O–H groups in total. The van der Waals surface area contributed by atoms with E-state index in [1.807, 2.05) is 20.8 Å². The summed E-state index contributed by atoms with van der Waals surface area (Å²) in [5, 5.41) is 0.708. The Morgan fingerprint density at radius 1 is 1.30 bits per heavy atom. The molecule has 1 fully saturated rings. The molecule has 2 rings (SSSR count). The molecule has 1 heterocycles. The highest BCUT2D eigenvalue weighted by atomic mass is 35.5. The zero-order valence-electron chi connectivity index (χ0n) is 15.8. The lowest BCUT2D eigenvalue weighted by Gasteiger charge is -2.34. The minimum atomic E-state index is -3.52. The minimum absolute atomic E-state index is 0.0508. The number of carbonyl (C=O) groups is 1. The van der Waals surface area contributed by atoms with Gasteiger partial charge in [-0.25, -0.2) is 17.9 Å². The summed E-state index contributed by atoms with van der Waals surface area (Å²) in [6, 6.07) is 4.76. The van der Waals surface area contributed by atoms with E-state index in [4.69, 9.17) is 27.9 Å². The molecule has 1 saturated heterocycles. The van der Waals surface area contributed by atoms with E-state index >= 15 is 0 Å². The number of piperidine rings is 1. The Morgan fingerprint density at radius 2 is 2.00 bits per heavy atom. The molecular weight excluding hydrogens is 411 g/mol. The predicted molar refractivity (Wildman–Crippen MR) is 108 cm³/mol. The smallest absolute Gasteiger partial charge is 0.410 e. The van der Waals surface area contributed by atoms with Crippen molar-refractivity contribution in [1.82, 2.24) is 9.62 Å². The van der Waals surface area contributed by atoms with Gasteiger partial charge in [0.25, 0.3) is 0 Å². The summed E-state index contributed by atoms with van der Waals surface area (Å²) in [6.07, 6.45) is 1.32. The van der Waals surface area contributed by atoms with Crippen molar-refractivity contribution in [3.63, 3.8) is 0 Å². The van der Waals surface area contributed by atoms with Gasteiger partial charge in [0.15, 0.2) is 0 Å². The topological polar surface area (TPSA) is 75.7 Å². The maximum atomic E-state index is 12.3. The van der Waals surface area contributed by atoms with Gasteiger partial charge in [-0.2, -0.15) is 0 Å². The van der Waals surface area contributed by atoms with E-state index in [0.717, 1.165) is 12.8 Å². The maximum Gasteiger partial charge on any atom is 0.410 e. The molecule has 0 aliphatic carbocycles. The largest absolute Gasteiger partial charge is 0.444 e. The fourth-order valence-electron chi connectivity index (χ4n) is 2.87. The van der Waals surface area contributed by atoms with Crippen molar-refractivity contribution in [2.24, 2.45) is 5.92 Å². The molecule has 1 atom stereocenters. The van der Waals surface area contributed by atoms with Gasteiger partial charge in [0, 0.05) is 19.6 Å². The molecule has 1 aliphatic rings. The van der Waals surface area contributed by atoms with Gasteiger partial charge >= 0.3 is 6.09 Å². The summed E-state index contributed by atoms with van der Waals surface area (Å²) in [4.78, 5) is 13.8. The summed E-state index contributed by atoms with van der Waals surface area (Å²) in [5.41, 5.74) is 0.0155. The van der Waals surface area contributed by atoms with Gasteiger partial charge in [-0.1, -0.05) is 29.3 Å². The zero-order valence-corrected chi connectivity index (χ0v) is 18.1. The standard InChI is InChI=1S/C18H26Cl2N2O4S/c1-18(2,3)26-17(23)22-8-4-5-14(11-22)10-21-27(24,25)12-13-6-7-15(19)16(20)9-13/h6-7,9,14,21H,4-5,8,10-12H2,1-3H3. The molecule has 0 radical (unpaired) electrons. The Balaban J connectivity index is 1.88. The van der Waals surface area contributed by atoms with Crippen molar-refractivity contribution in [3.05, 3.63) is 33.8 Å². The third kappa shape index (κ3) is 7.49. The first-order valence-corrected chi connectivity index (χ1v) is 11.3. The molecule has 1 aliphatic heterocycles. The second-order valence-corrected chi connectivity index (χ2v) is 10.4. The molecule has 6 nitrogen and oxygen atoms in total. The van der Waals surface area contributed by atoms with Crippen LogP contribution in [-0.4, -0.2) is 44.6 Å². The number of nitrogens with zero attached hydrogens (tertiary/aromatic N) is 1. The molecular formula is C18H26Cl2N2O4S. The van der Waals surface area contributed by atoms with E-state index in [2.05, 4.69) is 4.72 Å². The van der Waals surface area contributed by atoms with E-state index in [1.54, 1.807) is 23.1 Å². The third-order valence-electron chi connectivity index (χ3n) is 4.10. The van der Waals surface area contributed by atoms with Gasteiger partial charge in [0.1, 0.15) is 5.60 Å². The predicted octanol–water partition coefficient (Wildman–Crippen LogP) is 4.06. The molecule has 0 aromatic heterocycles. The number of rotatable bonds is 5. The first-order valence-electron chi connectivity index (χ1n) is 8.84. The second kappa shape index (κ2) is 8.99. The van der Waals surface area contributed by atoms with Crippen LogP contribution in [0.1, 0.15) is 39.2 Å². The van der Waals surface area contributed by atoms with Crippen LogP contribution in [0.2, 0.25) is 10.0 Å². The summed E-state index contributed by atoms with van der Waals surface area (Å²) >= 11 is 11.8. The monoisotopic (exact) mass is 436 g/mol. The lowest BCUT2D eigenvalue weighted by Crippen LogP contribution is -2.45. The maximum absolute atomic E-state index is 12.3. The highest BCUT2D eigenvalue weighted by Gasteiger charge is 2.28. The Kier molecular flexibility index (Phi) is 7.41. The quantitative estimate of drug-likeness (QED) is 0.754. The lowest BCUT2D eigenvalue weighted by molar-refractivity contribution is 0.0169. The number of benzene rings is 1. The third-order valence-corrected chi connectivity index (χ3v) is 6.16. The van der Waals surface area contributed by atoms with Crippen molar-refractivity contribution in [2.45, 2.75) is 45.0 Å². The molecule has 9 heteroatoms. The van der Waals surface area contributed by atoms with Crippen LogP contribution < -0.4 is 4.72 Å². The number of nitrogens with one attached hydrogen (secondary N) is 1. The van der Waals surface area contributed by atoms with Crippen molar-refractivity contribution in [2.75, 3.05) is 19.6 Å². The fraction of sp³-hybridized carbons (Fsp3) is 0.611. The zero-order chi connectivity index (χ0) is 20.2. The van der Waals surface area contributed by atoms with Gasteiger partial charge in [-0.05, 0) is 57.2 Å². The van der Waals surface area contributed by atoms with Gasteiger partial charge in [0.2, 0.25) is 10.0 Å². The van der Waals surface area contributed by atoms with Crippen molar-refractivity contribution in [1.29, 1.82) is 0 Å². The van der Waals surface area contributed by atoms with E-state index in [0.29, 0.717) is 28.7 Å². The van der Waals surface area contributed by atoms with Crippen LogP contribution in [0.15, 0.2) is 18.2 Å². The molecule has 0 spiro atoms. The Labute approximate surface area is 171 Å². The first kappa shape index (κ1) is 22.3. The number of halogens is 2. The molecule has 1 amide bonds. The molecule has 152 valence electrons. The van der Waals surface area contributed by atoms with E-state index in [-0.39, 0.29) is 24.3 Å². The minimum Gasteiger partial charge on any atom is -0.444 e. The van der Waals surface area contributed by atoms with Crippen LogP contribution in [-0.2, 0) is 20.5 Å². The van der Waals surface area contributed by atoms with Crippen LogP contribution in [0, 0.1) is 5.92 Å². The number of ether oxygens (including phenoxy) is 1. The second-order valence-electron chi connectivity index (χ2n) is 7.79. The van der Waals surface area contributed by atoms with Gasteiger partial charge in [-0.3, -0.25) is 0 Å². The summed E-state index contributed by atoms with van der Waals surface area (Å²) < 4.78 is 32.7. The van der Waals surface area contributed by atoms with Crippen molar-refractivity contribution in [3.8, 4) is 0 Å². The van der Waals surface area contributed by atoms with Crippen LogP contribution in [0.4, 0.5) is 4.79 Å². The van der Waals surface area contributed by atoms with Crippen LogP contribution >= 0.6 is 23.2 Å². The van der Waals surface area contributed by atoms with Crippen LogP contribution in [0.5, 0.6) is 0 Å². The lowest BCUT2D eigenvalue weighted by atomic mass is 9.99. The Morgan fingerprint density at radius 3 is 2.63 bits per heavy atom. The van der Waals surface area contributed by atoms with Crippen molar-refractivity contribution >= 4 is 39.3 Å². The normalized spacial score (nSPS) is 18.4. The Bertz CT molecular complexity index is 778. The number of amides is 1. The number of carbonyl (C=O) groups excluding carboxylic acids is 1. The van der Waals surface area contributed by atoms with E-state index < -0.39 is 15.6 Å². The van der Waals surface area contributed by atoms with Gasteiger partial charge in [-0.15, -0.1) is 0 Å². The number of hydrogen-bond donors (Lipinski definition) is 1. The molecule has 27 heavy (non-hydrogen) atoms. The number of hydrogen-bond acceptors (Lipinski definition) is 4. The fourth-order valence-corrected chi connectivity index (χ4v) is 4.40. The molecule has 1 aromatic carbocycles. The summed E-state index contributed by atoms with van der Waals surface area (Å²) in [6.45, 7) is 6.85. The average molecular weight is 437 g/mol. The van der Waals surface area contributed by atoms with E-state index in [9.17, 15) is 13.2 Å². The van der Waals surface area contributed by atoms with Crippen molar-refractivity contribution < 1.29 is 17.9 Å². The number of likely N-dealkylation sites (tertiary alicyclic amines) is 1. The highest BCUT2D eigenvalue weighted by molar-refractivity contribution is 7.88.